The molecule has 1 aromatic carbocycles. The summed E-state index contributed by atoms with van der Waals surface area (Å²) in [4.78, 5) is 11.9. The number of sulfonamides is 1. The Balaban J connectivity index is 1.99. The van der Waals surface area contributed by atoms with Crippen molar-refractivity contribution in [2.45, 2.75) is 11.6 Å². The van der Waals surface area contributed by atoms with Crippen molar-refractivity contribution in [3.8, 4) is 0 Å². The second kappa shape index (κ2) is 5.15. The average molecular weight is 322 g/mol. The number of aromatic nitrogens is 1. The minimum atomic E-state index is -3.63. The smallest absolute Gasteiger partial charge is 0.420 e. The fourth-order valence-corrected chi connectivity index (χ4v) is 2.89. The van der Waals surface area contributed by atoms with Gasteiger partial charge in [0, 0.05) is 14.1 Å². The third-order valence-electron chi connectivity index (χ3n) is 3.26. The van der Waals surface area contributed by atoms with Crippen molar-refractivity contribution >= 4 is 21.1 Å². The summed E-state index contributed by atoms with van der Waals surface area (Å²) in [6.45, 7) is 0.0960. The molecule has 0 saturated heterocycles. The molecule has 0 amide bonds. The van der Waals surface area contributed by atoms with Gasteiger partial charge in [0.05, 0.1) is 12.1 Å². The maximum atomic E-state index is 12.0. The molecule has 0 radical (unpaired) electrons. The van der Waals surface area contributed by atoms with E-state index in [-0.39, 0.29) is 11.6 Å². The number of nitrogens with zero attached hydrogens (tertiary/aromatic N) is 2. The Labute approximate surface area is 126 Å². The van der Waals surface area contributed by atoms with Crippen LogP contribution in [-0.4, -0.2) is 31.4 Å². The second-order valence-electron chi connectivity index (χ2n) is 4.93. The Kier molecular flexibility index (Phi) is 3.42. The van der Waals surface area contributed by atoms with Crippen LogP contribution in [-0.2, 0) is 16.6 Å². The second-order valence-corrected chi connectivity index (χ2v) is 7.01. The quantitative estimate of drug-likeness (QED) is 0.726. The highest BCUT2D eigenvalue weighted by Crippen LogP contribution is 2.19. The third kappa shape index (κ3) is 2.36. The van der Waals surface area contributed by atoms with E-state index in [1.165, 1.54) is 30.8 Å². The maximum absolute atomic E-state index is 12.0. The van der Waals surface area contributed by atoms with Crippen molar-refractivity contribution in [1.82, 2.24) is 8.87 Å². The van der Waals surface area contributed by atoms with Gasteiger partial charge in [0.2, 0.25) is 5.09 Å². The lowest BCUT2D eigenvalue weighted by atomic mass is 10.3. The number of oxazole rings is 1. The number of benzene rings is 1. The maximum Gasteiger partial charge on any atom is 0.420 e. The van der Waals surface area contributed by atoms with E-state index < -0.39 is 15.8 Å². The number of hydrogen-bond acceptors (Lipinski definition) is 5. The summed E-state index contributed by atoms with van der Waals surface area (Å²) in [5.41, 5.74) is 1.10. The van der Waals surface area contributed by atoms with Crippen LogP contribution in [0.1, 0.15) is 5.76 Å². The fourth-order valence-electron chi connectivity index (χ4n) is 2.08. The summed E-state index contributed by atoms with van der Waals surface area (Å²) >= 11 is 0. The van der Waals surface area contributed by atoms with Gasteiger partial charge in [-0.15, -0.1) is 0 Å². The zero-order valence-corrected chi connectivity index (χ0v) is 12.8. The lowest BCUT2D eigenvalue weighted by Gasteiger charge is -2.07. The molecule has 0 unspecified atom stereocenters. The van der Waals surface area contributed by atoms with E-state index in [2.05, 4.69) is 0 Å². The molecule has 0 fully saturated rings. The highest BCUT2D eigenvalue weighted by atomic mass is 32.2. The van der Waals surface area contributed by atoms with Crippen molar-refractivity contribution in [3.63, 3.8) is 0 Å². The number of rotatable bonds is 4. The van der Waals surface area contributed by atoms with E-state index in [1.807, 2.05) is 0 Å². The van der Waals surface area contributed by atoms with Crippen molar-refractivity contribution < 1.29 is 17.3 Å². The Hall–Kier alpha value is -2.32. The minimum absolute atomic E-state index is 0.0960. The summed E-state index contributed by atoms with van der Waals surface area (Å²) in [5, 5.41) is -0.159. The molecule has 2 heterocycles. The first-order chi connectivity index (χ1) is 10.4. The predicted molar refractivity (Wildman–Crippen MR) is 79.2 cm³/mol. The predicted octanol–water partition coefficient (Wildman–Crippen LogP) is 1.49. The summed E-state index contributed by atoms with van der Waals surface area (Å²) < 4.78 is 36.9. The fraction of sp³-hybridized carbons (Fsp3) is 0.214. The van der Waals surface area contributed by atoms with Gasteiger partial charge in [-0.25, -0.2) is 17.5 Å². The molecule has 7 nitrogen and oxygen atoms in total. The molecular weight excluding hydrogens is 308 g/mol. The molecule has 0 saturated carbocycles. The van der Waals surface area contributed by atoms with E-state index >= 15 is 0 Å². The van der Waals surface area contributed by atoms with Gasteiger partial charge in [0.15, 0.2) is 5.58 Å². The number of para-hydroxylation sites is 2. The van der Waals surface area contributed by atoms with Crippen LogP contribution in [0.3, 0.4) is 0 Å². The first kappa shape index (κ1) is 14.6. The van der Waals surface area contributed by atoms with Crippen LogP contribution < -0.4 is 5.76 Å². The first-order valence-corrected chi connectivity index (χ1v) is 7.93. The van der Waals surface area contributed by atoms with Gasteiger partial charge in [-0.1, -0.05) is 12.1 Å². The van der Waals surface area contributed by atoms with Gasteiger partial charge in [-0.3, -0.25) is 4.57 Å². The van der Waals surface area contributed by atoms with Gasteiger partial charge in [0.25, 0.3) is 10.0 Å². The molecule has 2 aromatic heterocycles. The molecule has 3 rings (SSSR count). The zero-order chi connectivity index (χ0) is 15.9. The van der Waals surface area contributed by atoms with E-state index in [4.69, 9.17) is 8.83 Å². The van der Waals surface area contributed by atoms with Crippen LogP contribution in [0, 0.1) is 0 Å². The Bertz CT molecular complexity index is 978. The number of hydrogen-bond donors (Lipinski definition) is 0. The van der Waals surface area contributed by atoms with Crippen LogP contribution in [0.4, 0.5) is 0 Å². The normalized spacial score (nSPS) is 12.3. The van der Waals surface area contributed by atoms with Crippen LogP contribution >= 0.6 is 0 Å². The third-order valence-corrected chi connectivity index (χ3v) is 4.95. The minimum Gasteiger partial charge on any atom is -0.446 e. The highest BCUT2D eigenvalue weighted by Gasteiger charge is 2.22. The molecule has 0 aliphatic carbocycles. The van der Waals surface area contributed by atoms with Crippen LogP contribution in [0.25, 0.3) is 11.1 Å². The zero-order valence-electron chi connectivity index (χ0n) is 12.0. The molecule has 0 N–H and O–H groups in total. The molecule has 0 spiro atoms. The van der Waals surface area contributed by atoms with E-state index in [1.54, 1.807) is 24.3 Å². The van der Waals surface area contributed by atoms with E-state index in [9.17, 15) is 13.2 Å². The van der Waals surface area contributed by atoms with E-state index in [0.717, 1.165) is 4.31 Å². The molecule has 116 valence electrons. The van der Waals surface area contributed by atoms with Crippen molar-refractivity contribution in [3.05, 3.63) is 52.7 Å². The van der Waals surface area contributed by atoms with Gasteiger partial charge in [0.1, 0.15) is 5.76 Å². The van der Waals surface area contributed by atoms with Crippen LogP contribution in [0.2, 0.25) is 0 Å². The molecule has 0 atom stereocenters. The highest BCUT2D eigenvalue weighted by molar-refractivity contribution is 7.88. The standard InChI is InChI=1S/C14H14N2O5S/c1-15(2)22(18,19)13-8-7-10(20-13)9-16-11-5-3-4-6-12(11)21-14(16)17/h3-8H,9H2,1-2H3. The number of fused-ring (bicyclic) bond motifs is 1. The molecule has 22 heavy (non-hydrogen) atoms. The molecule has 3 aromatic rings. The molecule has 8 heteroatoms. The van der Waals surface area contributed by atoms with Gasteiger partial charge in [-0.2, -0.15) is 0 Å². The topological polar surface area (TPSA) is 85.7 Å². The van der Waals surface area contributed by atoms with Crippen LogP contribution in [0.5, 0.6) is 0 Å². The first-order valence-electron chi connectivity index (χ1n) is 6.49. The lowest BCUT2D eigenvalue weighted by Crippen LogP contribution is -2.21. The number of furan rings is 1. The Morgan fingerprint density at radius 3 is 2.55 bits per heavy atom. The largest absolute Gasteiger partial charge is 0.446 e. The van der Waals surface area contributed by atoms with Gasteiger partial charge >= 0.3 is 5.76 Å². The molecule has 0 bridgehead atoms. The van der Waals surface area contributed by atoms with Crippen LogP contribution in [0.15, 0.2) is 55.1 Å². The van der Waals surface area contributed by atoms with E-state index in [0.29, 0.717) is 16.9 Å². The molecule has 0 aliphatic heterocycles. The van der Waals surface area contributed by atoms with Crippen molar-refractivity contribution in [2.24, 2.45) is 0 Å². The summed E-state index contributed by atoms with van der Waals surface area (Å²) in [6.07, 6.45) is 0. The van der Waals surface area contributed by atoms with Crippen molar-refractivity contribution in [2.75, 3.05) is 14.1 Å². The summed E-state index contributed by atoms with van der Waals surface area (Å²) in [7, 11) is -0.787. The molecule has 0 aliphatic rings. The Morgan fingerprint density at radius 2 is 1.82 bits per heavy atom. The van der Waals surface area contributed by atoms with Gasteiger partial charge < -0.3 is 8.83 Å². The summed E-state index contributed by atoms with van der Waals surface area (Å²) in [6, 6.07) is 9.91. The molecular formula is C14H14N2O5S. The monoisotopic (exact) mass is 322 g/mol. The Morgan fingerprint density at radius 1 is 1.09 bits per heavy atom. The van der Waals surface area contributed by atoms with Gasteiger partial charge in [-0.05, 0) is 24.3 Å². The lowest BCUT2D eigenvalue weighted by molar-refractivity contribution is 0.388. The average Bonchev–Trinajstić information content (AvgIpc) is 3.05. The van der Waals surface area contributed by atoms with Crippen molar-refractivity contribution in [1.29, 1.82) is 0 Å². The SMILES string of the molecule is CN(C)S(=O)(=O)c1ccc(Cn2c(=O)oc3ccccc32)o1. The summed E-state index contributed by atoms with van der Waals surface area (Å²) in [5.74, 6) is -0.163.